The minimum absolute atomic E-state index is 0.201. The summed E-state index contributed by atoms with van der Waals surface area (Å²) in [6.07, 6.45) is 0. The second kappa shape index (κ2) is 7.65. The lowest BCUT2D eigenvalue weighted by molar-refractivity contribution is 0.122. The minimum Gasteiger partial charge on any atom is -0.378 e. The summed E-state index contributed by atoms with van der Waals surface area (Å²) in [5.74, 6) is 0. The zero-order valence-electron chi connectivity index (χ0n) is 13.0. The first-order valence-electron chi connectivity index (χ1n) is 7.83. The molecule has 0 aliphatic carbocycles. The van der Waals surface area contributed by atoms with E-state index in [9.17, 15) is 4.79 Å². The summed E-state index contributed by atoms with van der Waals surface area (Å²) in [6, 6.07) is 17.5. The normalized spacial score (nSPS) is 14.3. The number of nitrogens with zero attached hydrogens (tertiary/aromatic N) is 1. The van der Waals surface area contributed by atoms with Gasteiger partial charge in [0, 0.05) is 31.0 Å². The van der Waals surface area contributed by atoms with Crippen LogP contribution in [0.25, 0.3) is 0 Å². The number of rotatable bonds is 4. The van der Waals surface area contributed by atoms with Gasteiger partial charge in [0.1, 0.15) is 0 Å². The fourth-order valence-corrected chi connectivity index (χ4v) is 2.56. The molecule has 2 amide bonds. The number of hydrogen-bond acceptors (Lipinski definition) is 3. The number of hydrogen-bond donors (Lipinski definition) is 2. The number of anilines is 2. The Morgan fingerprint density at radius 1 is 1.04 bits per heavy atom. The molecule has 23 heavy (non-hydrogen) atoms. The summed E-state index contributed by atoms with van der Waals surface area (Å²) in [4.78, 5) is 14.3. The van der Waals surface area contributed by atoms with Gasteiger partial charge in [0.2, 0.25) is 0 Å². The summed E-state index contributed by atoms with van der Waals surface area (Å²) in [6.45, 7) is 3.76. The first-order valence-corrected chi connectivity index (χ1v) is 7.83. The summed E-state index contributed by atoms with van der Waals surface area (Å²) >= 11 is 0. The van der Waals surface area contributed by atoms with E-state index in [1.165, 1.54) is 0 Å². The summed E-state index contributed by atoms with van der Waals surface area (Å²) in [5.41, 5.74) is 2.97. The van der Waals surface area contributed by atoms with Crippen molar-refractivity contribution < 1.29 is 9.53 Å². The Morgan fingerprint density at radius 3 is 2.61 bits per heavy atom. The second-order valence-electron chi connectivity index (χ2n) is 5.44. The number of amides is 2. The van der Waals surface area contributed by atoms with Crippen molar-refractivity contribution in [2.24, 2.45) is 0 Å². The lowest BCUT2D eigenvalue weighted by Gasteiger charge is -2.29. The Morgan fingerprint density at radius 2 is 1.83 bits per heavy atom. The molecule has 0 spiro atoms. The number of nitrogens with one attached hydrogen (secondary N) is 2. The number of ether oxygens (including phenoxy) is 1. The third-order valence-electron chi connectivity index (χ3n) is 3.78. The van der Waals surface area contributed by atoms with Crippen LogP contribution in [0.5, 0.6) is 0 Å². The van der Waals surface area contributed by atoms with Crippen LogP contribution in [0.15, 0.2) is 54.6 Å². The van der Waals surface area contributed by atoms with Crippen molar-refractivity contribution in [1.82, 2.24) is 5.32 Å². The SMILES string of the molecule is O=C(NCc1ccccc1)Nc1cccc(N2CCOCC2)c1. The van der Waals surface area contributed by atoms with Gasteiger partial charge in [0.05, 0.1) is 13.2 Å². The average Bonchev–Trinajstić information content (AvgIpc) is 2.62. The topological polar surface area (TPSA) is 53.6 Å². The molecule has 0 atom stereocenters. The number of urea groups is 1. The molecule has 1 saturated heterocycles. The highest BCUT2D eigenvalue weighted by atomic mass is 16.5. The van der Waals surface area contributed by atoms with Crippen molar-refractivity contribution >= 4 is 17.4 Å². The quantitative estimate of drug-likeness (QED) is 0.913. The molecule has 5 nitrogen and oxygen atoms in total. The third-order valence-corrected chi connectivity index (χ3v) is 3.78. The van der Waals surface area contributed by atoms with Gasteiger partial charge in [0.15, 0.2) is 0 Å². The molecule has 1 aliphatic heterocycles. The smallest absolute Gasteiger partial charge is 0.319 e. The Hall–Kier alpha value is -2.53. The number of carbonyl (C=O) groups excluding carboxylic acids is 1. The van der Waals surface area contributed by atoms with Gasteiger partial charge in [0.25, 0.3) is 0 Å². The van der Waals surface area contributed by atoms with E-state index in [0.29, 0.717) is 6.54 Å². The molecule has 1 fully saturated rings. The standard InChI is InChI=1S/C18H21N3O2/c22-18(19-14-15-5-2-1-3-6-15)20-16-7-4-8-17(13-16)21-9-11-23-12-10-21/h1-8,13H,9-12,14H2,(H2,19,20,22). The van der Waals surface area contributed by atoms with Crippen molar-refractivity contribution in [3.05, 3.63) is 60.2 Å². The van der Waals surface area contributed by atoms with Crippen LogP contribution in [0.2, 0.25) is 0 Å². The molecule has 0 radical (unpaired) electrons. The Balaban J connectivity index is 1.55. The van der Waals surface area contributed by atoms with Crippen LogP contribution in [0, 0.1) is 0 Å². The van der Waals surface area contributed by atoms with E-state index >= 15 is 0 Å². The average molecular weight is 311 g/mol. The predicted octanol–water partition coefficient (Wildman–Crippen LogP) is 2.84. The van der Waals surface area contributed by atoms with E-state index in [4.69, 9.17) is 4.74 Å². The van der Waals surface area contributed by atoms with E-state index in [1.54, 1.807) is 0 Å². The van der Waals surface area contributed by atoms with Gasteiger partial charge in [-0.15, -0.1) is 0 Å². The maximum Gasteiger partial charge on any atom is 0.319 e. The largest absolute Gasteiger partial charge is 0.378 e. The second-order valence-corrected chi connectivity index (χ2v) is 5.44. The molecule has 0 saturated carbocycles. The molecule has 3 rings (SSSR count). The Kier molecular flexibility index (Phi) is 5.11. The maximum atomic E-state index is 12.0. The van der Waals surface area contributed by atoms with Crippen LogP contribution >= 0.6 is 0 Å². The highest BCUT2D eigenvalue weighted by Crippen LogP contribution is 2.20. The third kappa shape index (κ3) is 4.47. The molecule has 0 aromatic heterocycles. The van der Waals surface area contributed by atoms with Crippen LogP contribution in [0.1, 0.15) is 5.56 Å². The van der Waals surface area contributed by atoms with Gasteiger partial charge in [-0.2, -0.15) is 0 Å². The Bertz CT molecular complexity index is 640. The summed E-state index contributed by atoms with van der Waals surface area (Å²) < 4.78 is 5.37. The number of benzene rings is 2. The van der Waals surface area contributed by atoms with Crippen molar-refractivity contribution in [2.45, 2.75) is 6.54 Å². The van der Waals surface area contributed by atoms with Gasteiger partial charge in [-0.05, 0) is 23.8 Å². The zero-order chi connectivity index (χ0) is 15.9. The summed E-state index contributed by atoms with van der Waals surface area (Å²) in [7, 11) is 0. The van der Waals surface area contributed by atoms with Crippen LogP contribution in [-0.4, -0.2) is 32.3 Å². The number of carbonyl (C=O) groups is 1. The van der Waals surface area contributed by atoms with E-state index in [0.717, 1.165) is 43.2 Å². The first-order chi connectivity index (χ1) is 11.3. The van der Waals surface area contributed by atoms with Crippen LogP contribution < -0.4 is 15.5 Å². The van der Waals surface area contributed by atoms with Gasteiger partial charge < -0.3 is 20.3 Å². The lowest BCUT2D eigenvalue weighted by atomic mass is 10.2. The maximum absolute atomic E-state index is 12.0. The van der Waals surface area contributed by atoms with Gasteiger partial charge in [-0.1, -0.05) is 36.4 Å². The van der Waals surface area contributed by atoms with Crippen LogP contribution in [0.3, 0.4) is 0 Å². The van der Waals surface area contributed by atoms with E-state index < -0.39 is 0 Å². The summed E-state index contributed by atoms with van der Waals surface area (Å²) in [5, 5.41) is 5.75. The molecule has 0 bridgehead atoms. The van der Waals surface area contributed by atoms with E-state index in [2.05, 4.69) is 21.6 Å². The van der Waals surface area contributed by atoms with E-state index in [1.807, 2.05) is 48.5 Å². The first kappa shape index (κ1) is 15.4. The van der Waals surface area contributed by atoms with Gasteiger partial charge in [-0.3, -0.25) is 0 Å². The highest BCUT2D eigenvalue weighted by Gasteiger charge is 2.11. The van der Waals surface area contributed by atoms with Crippen LogP contribution in [-0.2, 0) is 11.3 Å². The molecule has 5 heteroatoms. The molecule has 2 aromatic rings. The molecular weight excluding hydrogens is 290 g/mol. The van der Waals surface area contributed by atoms with Gasteiger partial charge >= 0.3 is 6.03 Å². The Labute approximate surface area is 136 Å². The van der Waals surface area contributed by atoms with Crippen LogP contribution in [0.4, 0.5) is 16.2 Å². The van der Waals surface area contributed by atoms with E-state index in [-0.39, 0.29) is 6.03 Å². The molecule has 1 heterocycles. The molecule has 2 aromatic carbocycles. The molecular formula is C18H21N3O2. The molecule has 120 valence electrons. The van der Waals surface area contributed by atoms with Crippen molar-refractivity contribution in [3.63, 3.8) is 0 Å². The number of morpholine rings is 1. The predicted molar refractivity (Wildman–Crippen MR) is 91.8 cm³/mol. The minimum atomic E-state index is -0.201. The lowest BCUT2D eigenvalue weighted by Crippen LogP contribution is -2.36. The van der Waals surface area contributed by atoms with Crippen molar-refractivity contribution in [1.29, 1.82) is 0 Å². The monoisotopic (exact) mass is 311 g/mol. The molecule has 1 aliphatic rings. The fraction of sp³-hybridized carbons (Fsp3) is 0.278. The fourth-order valence-electron chi connectivity index (χ4n) is 2.56. The molecule has 0 unspecified atom stereocenters. The van der Waals surface area contributed by atoms with Crippen molar-refractivity contribution in [3.8, 4) is 0 Å². The molecule has 2 N–H and O–H groups in total. The van der Waals surface area contributed by atoms with Gasteiger partial charge in [-0.25, -0.2) is 4.79 Å². The highest BCUT2D eigenvalue weighted by molar-refractivity contribution is 5.89. The van der Waals surface area contributed by atoms with Crippen molar-refractivity contribution in [2.75, 3.05) is 36.5 Å². The zero-order valence-corrected chi connectivity index (χ0v) is 13.0.